The van der Waals surface area contributed by atoms with Crippen LogP contribution >= 0.6 is 22.6 Å². The molecule has 2 N–H and O–H groups in total. The van der Waals surface area contributed by atoms with Crippen molar-refractivity contribution in [2.24, 2.45) is 0 Å². The lowest BCUT2D eigenvalue weighted by Crippen LogP contribution is -2.06. The highest BCUT2D eigenvalue weighted by Gasteiger charge is 2.11. The average molecular weight is 369 g/mol. The summed E-state index contributed by atoms with van der Waals surface area (Å²) in [6.45, 7) is 0.704. The minimum absolute atomic E-state index is 0.543. The van der Waals surface area contributed by atoms with Crippen molar-refractivity contribution in [3.05, 3.63) is 39.7 Å². The summed E-state index contributed by atoms with van der Waals surface area (Å²) in [5.41, 5.74) is 7.94. The first-order valence-corrected chi connectivity index (χ1v) is 7.16. The van der Waals surface area contributed by atoms with Gasteiger partial charge < -0.3 is 10.5 Å². The summed E-state index contributed by atoms with van der Waals surface area (Å²) < 4.78 is 5.95. The topological polar surface area (TPSA) is 61.0 Å². The third kappa shape index (κ3) is 3.63. The second-order valence-corrected chi connectivity index (χ2v) is 5.23. The van der Waals surface area contributed by atoms with Gasteiger partial charge in [-0.2, -0.15) is 0 Å². The van der Waals surface area contributed by atoms with Crippen molar-refractivity contribution < 1.29 is 4.74 Å². The Morgan fingerprint density at radius 1 is 1.21 bits per heavy atom. The molecule has 0 saturated carbocycles. The molecular weight excluding hydrogens is 353 g/mol. The van der Waals surface area contributed by atoms with Crippen LogP contribution in [0.15, 0.2) is 30.3 Å². The molecule has 4 nitrogen and oxygen atoms in total. The van der Waals surface area contributed by atoms with Gasteiger partial charge in [0.25, 0.3) is 0 Å². The summed E-state index contributed by atoms with van der Waals surface area (Å²) in [5, 5.41) is 0. The molecule has 0 saturated heterocycles. The largest absolute Gasteiger partial charge is 0.385 e. The van der Waals surface area contributed by atoms with E-state index in [1.807, 2.05) is 30.3 Å². The van der Waals surface area contributed by atoms with E-state index in [9.17, 15) is 0 Å². The highest BCUT2D eigenvalue weighted by Crippen LogP contribution is 2.26. The fourth-order valence-corrected chi connectivity index (χ4v) is 2.34. The number of halogens is 1. The Morgan fingerprint density at radius 3 is 2.63 bits per heavy atom. The molecule has 1 heterocycles. The second kappa shape index (κ2) is 6.81. The Morgan fingerprint density at radius 2 is 1.95 bits per heavy atom. The fraction of sp³-hybridized carbons (Fsp3) is 0.286. The Labute approximate surface area is 126 Å². The van der Waals surface area contributed by atoms with Gasteiger partial charge in [0.2, 0.25) is 0 Å². The van der Waals surface area contributed by atoms with Gasteiger partial charge in [0.15, 0.2) is 0 Å². The number of nitrogen functional groups attached to an aromatic ring is 1. The van der Waals surface area contributed by atoms with Crippen LogP contribution in [-0.2, 0) is 11.2 Å². The third-order valence-corrected chi connectivity index (χ3v) is 3.78. The van der Waals surface area contributed by atoms with Crippen LogP contribution in [0.1, 0.15) is 12.2 Å². The molecule has 5 heteroatoms. The van der Waals surface area contributed by atoms with Gasteiger partial charge in [0.05, 0.1) is 9.26 Å². The van der Waals surface area contributed by atoms with Gasteiger partial charge in [0.1, 0.15) is 11.6 Å². The van der Waals surface area contributed by atoms with E-state index >= 15 is 0 Å². The molecule has 0 atom stereocenters. The minimum atomic E-state index is 0.543. The molecule has 2 aromatic rings. The summed E-state index contributed by atoms with van der Waals surface area (Å²) in [6, 6.07) is 10.0. The number of aromatic nitrogens is 2. The Hall–Kier alpha value is -1.21. The van der Waals surface area contributed by atoms with Crippen LogP contribution in [0.5, 0.6) is 0 Å². The quantitative estimate of drug-likeness (QED) is 0.651. The molecule has 0 aliphatic heterocycles. The van der Waals surface area contributed by atoms with E-state index in [0.717, 1.165) is 33.5 Å². The van der Waals surface area contributed by atoms with Gasteiger partial charge >= 0.3 is 0 Å². The van der Waals surface area contributed by atoms with E-state index in [-0.39, 0.29) is 0 Å². The molecule has 19 heavy (non-hydrogen) atoms. The number of hydrogen-bond acceptors (Lipinski definition) is 4. The van der Waals surface area contributed by atoms with Crippen LogP contribution in [0, 0.1) is 3.57 Å². The number of benzene rings is 1. The van der Waals surface area contributed by atoms with Crippen LogP contribution in [-0.4, -0.2) is 23.7 Å². The normalized spacial score (nSPS) is 10.6. The number of anilines is 1. The molecule has 100 valence electrons. The smallest absolute Gasteiger partial charge is 0.141 e. The third-order valence-electron chi connectivity index (χ3n) is 2.72. The molecule has 1 aromatic carbocycles. The van der Waals surface area contributed by atoms with Crippen LogP contribution in [0.2, 0.25) is 0 Å². The summed E-state index contributed by atoms with van der Waals surface area (Å²) >= 11 is 2.20. The SMILES string of the molecule is COCCCc1nc(N)c(I)c(-c2ccccc2)n1. The predicted octanol–water partition coefficient (Wildman–Crippen LogP) is 2.91. The van der Waals surface area contributed by atoms with Crippen LogP contribution in [0.25, 0.3) is 11.3 Å². The van der Waals surface area contributed by atoms with Crippen molar-refractivity contribution in [3.8, 4) is 11.3 Å². The molecule has 0 spiro atoms. The monoisotopic (exact) mass is 369 g/mol. The number of nitrogens with two attached hydrogens (primary N) is 1. The van der Waals surface area contributed by atoms with Crippen LogP contribution < -0.4 is 5.73 Å². The Balaban J connectivity index is 2.32. The first-order valence-electron chi connectivity index (χ1n) is 6.08. The zero-order chi connectivity index (χ0) is 13.7. The Bertz CT molecular complexity index is 546. The zero-order valence-corrected chi connectivity index (χ0v) is 12.9. The molecule has 0 amide bonds. The first-order chi connectivity index (χ1) is 9.22. The van der Waals surface area contributed by atoms with E-state index in [1.54, 1.807) is 7.11 Å². The summed E-state index contributed by atoms with van der Waals surface area (Å²) in [7, 11) is 1.69. The highest BCUT2D eigenvalue weighted by molar-refractivity contribution is 14.1. The molecular formula is C14H16IN3O. The molecule has 0 fully saturated rings. The van der Waals surface area contributed by atoms with E-state index < -0.39 is 0 Å². The molecule has 2 rings (SSSR count). The summed E-state index contributed by atoms with van der Waals surface area (Å²) in [6.07, 6.45) is 1.67. The van der Waals surface area contributed by atoms with E-state index in [1.165, 1.54) is 0 Å². The predicted molar refractivity (Wildman–Crippen MR) is 84.8 cm³/mol. The number of hydrogen-bond donors (Lipinski definition) is 1. The zero-order valence-electron chi connectivity index (χ0n) is 10.8. The lowest BCUT2D eigenvalue weighted by atomic mass is 10.1. The van der Waals surface area contributed by atoms with Crippen LogP contribution in [0.4, 0.5) is 5.82 Å². The van der Waals surface area contributed by atoms with Crippen molar-refractivity contribution >= 4 is 28.4 Å². The number of methoxy groups -OCH3 is 1. The van der Waals surface area contributed by atoms with Crippen molar-refractivity contribution in [2.75, 3.05) is 19.5 Å². The van der Waals surface area contributed by atoms with Gasteiger partial charge in [-0.1, -0.05) is 30.3 Å². The molecule has 0 aliphatic carbocycles. The van der Waals surface area contributed by atoms with E-state index in [2.05, 4.69) is 32.6 Å². The van der Waals surface area contributed by atoms with E-state index in [4.69, 9.17) is 10.5 Å². The minimum Gasteiger partial charge on any atom is -0.385 e. The summed E-state index contributed by atoms with van der Waals surface area (Å²) in [4.78, 5) is 8.96. The number of nitrogens with zero attached hydrogens (tertiary/aromatic N) is 2. The maximum absolute atomic E-state index is 5.97. The number of aryl methyl sites for hydroxylation is 1. The van der Waals surface area contributed by atoms with Gasteiger partial charge in [0, 0.05) is 25.7 Å². The van der Waals surface area contributed by atoms with Crippen LogP contribution in [0.3, 0.4) is 0 Å². The Kier molecular flexibility index (Phi) is 5.09. The second-order valence-electron chi connectivity index (χ2n) is 4.15. The molecule has 0 unspecified atom stereocenters. The highest BCUT2D eigenvalue weighted by atomic mass is 127. The van der Waals surface area contributed by atoms with E-state index in [0.29, 0.717) is 12.4 Å². The average Bonchev–Trinajstić information content (AvgIpc) is 2.44. The van der Waals surface area contributed by atoms with Gasteiger partial charge in [-0.05, 0) is 29.0 Å². The standard InChI is InChI=1S/C14H16IN3O/c1-19-9-5-8-11-17-13(12(15)14(16)18-11)10-6-3-2-4-7-10/h2-4,6-7H,5,8-9H2,1H3,(H2,16,17,18). The molecule has 0 aliphatic rings. The number of ether oxygens (including phenoxy) is 1. The fourth-order valence-electron chi connectivity index (χ4n) is 1.79. The lowest BCUT2D eigenvalue weighted by Gasteiger charge is -2.09. The molecule has 1 aromatic heterocycles. The van der Waals surface area contributed by atoms with Gasteiger partial charge in [-0.25, -0.2) is 9.97 Å². The maximum Gasteiger partial charge on any atom is 0.141 e. The lowest BCUT2D eigenvalue weighted by molar-refractivity contribution is 0.194. The van der Waals surface area contributed by atoms with Crippen molar-refractivity contribution in [1.29, 1.82) is 0 Å². The summed E-state index contributed by atoms with van der Waals surface area (Å²) in [5.74, 6) is 1.32. The molecule has 0 radical (unpaired) electrons. The molecule has 0 bridgehead atoms. The number of rotatable bonds is 5. The first kappa shape index (κ1) is 14.2. The van der Waals surface area contributed by atoms with Crippen molar-refractivity contribution in [3.63, 3.8) is 0 Å². The van der Waals surface area contributed by atoms with Crippen molar-refractivity contribution in [2.45, 2.75) is 12.8 Å². The van der Waals surface area contributed by atoms with Gasteiger partial charge in [-0.3, -0.25) is 0 Å². The van der Waals surface area contributed by atoms with Crippen molar-refractivity contribution in [1.82, 2.24) is 9.97 Å². The van der Waals surface area contributed by atoms with Gasteiger partial charge in [-0.15, -0.1) is 0 Å². The maximum atomic E-state index is 5.97.